The number of carboxylic acids is 1. The minimum Gasteiger partial charge on any atom is -0.480 e. The summed E-state index contributed by atoms with van der Waals surface area (Å²) in [5.41, 5.74) is 0. The minimum absolute atomic E-state index is 0.346. The van der Waals surface area contributed by atoms with Crippen LogP contribution in [0.25, 0.3) is 0 Å². The fraction of sp³-hybridized carbons (Fsp3) is 0.833. The van der Waals surface area contributed by atoms with Gasteiger partial charge in [-0.05, 0) is 26.2 Å². The Morgan fingerprint density at radius 2 is 2.09 bits per heavy atom. The van der Waals surface area contributed by atoms with Crippen LogP contribution in [-0.4, -0.2) is 37.3 Å². The Morgan fingerprint density at radius 1 is 1.64 bits per heavy atom. The maximum atomic E-state index is 10.5. The van der Waals surface area contributed by atoms with Crippen LogP contribution in [0.15, 0.2) is 0 Å². The van der Waals surface area contributed by atoms with Gasteiger partial charge >= 0.3 is 5.97 Å². The predicted molar refractivity (Wildman–Crippen MR) is 45.0 cm³/mol. The molecular formula is C6H15NO3Si. The molecule has 0 saturated heterocycles. The molecular weight excluding hydrogens is 162 g/mol. The molecule has 0 heterocycles. The molecule has 0 aliphatic rings. The summed E-state index contributed by atoms with van der Waals surface area (Å²) in [6, 6.07) is -0.264. The van der Waals surface area contributed by atoms with E-state index in [4.69, 9.17) is 5.11 Å². The van der Waals surface area contributed by atoms with E-state index in [0.29, 0.717) is 6.04 Å². The third-order valence-corrected chi connectivity index (χ3v) is 2.76. The lowest BCUT2D eigenvalue weighted by Crippen LogP contribution is -2.41. The van der Waals surface area contributed by atoms with Gasteiger partial charge in [-0.25, -0.2) is 0 Å². The van der Waals surface area contributed by atoms with Crippen LogP contribution < -0.4 is 5.32 Å². The summed E-state index contributed by atoms with van der Waals surface area (Å²) >= 11 is 0. The fourth-order valence-corrected chi connectivity index (χ4v) is 2.19. The molecule has 0 saturated carbocycles. The maximum Gasteiger partial charge on any atom is 0.320 e. The van der Waals surface area contributed by atoms with Crippen molar-refractivity contribution in [3.63, 3.8) is 0 Å². The molecule has 1 atom stereocenters. The van der Waals surface area contributed by atoms with E-state index in [2.05, 4.69) is 5.32 Å². The second-order valence-electron chi connectivity index (χ2n) is 3.20. The molecule has 0 spiro atoms. The van der Waals surface area contributed by atoms with Crippen LogP contribution in [0, 0.1) is 0 Å². The van der Waals surface area contributed by atoms with Gasteiger partial charge in [-0.15, -0.1) is 0 Å². The number of hydrogen-bond acceptors (Lipinski definition) is 3. The van der Waals surface area contributed by atoms with Gasteiger partial charge in [0, 0.05) is 0 Å². The topological polar surface area (TPSA) is 69.6 Å². The monoisotopic (exact) mass is 177 g/mol. The van der Waals surface area contributed by atoms with Gasteiger partial charge in [-0.2, -0.15) is 0 Å². The van der Waals surface area contributed by atoms with Crippen LogP contribution in [0.5, 0.6) is 0 Å². The highest BCUT2D eigenvalue weighted by Gasteiger charge is 2.26. The summed E-state index contributed by atoms with van der Waals surface area (Å²) in [7, 11) is -0.665. The largest absolute Gasteiger partial charge is 0.480 e. The van der Waals surface area contributed by atoms with Crippen molar-refractivity contribution in [3.8, 4) is 0 Å². The Balaban J connectivity index is 3.99. The third kappa shape index (κ3) is 4.94. The van der Waals surface area contributed by atoms with Gasteiger partial charge in [-0.1, -0.05) is 0 Å². The first kappa shape index (κ1) is 10.6. The number of carbonyl (C=O) groups is 1. The molecule has 0 aromatic rings. The highest BCUT2D eigenvalue weighted by molar-refractivity contribution is 6.70. The van der Waals surface area contributed by atoms with Crippen molar-refractivity contribution in [1.82, 2.24) is 5.32 Å². The van der Waals surface area contributed by atoms with Crippen molar-refractivity contribution in [2.24, 2.45) is 0 Å². The van der Waals surface area contributed by atoms with Crippen LogP contribution in [0.4, 0.5) is 0 Å². The molecule has 5 heteroatoms. The minimum atomic E-state index is -2.25. The molecule has 66 valence electrons. The summed E-state index contributed by atoms with van der Waals surface area (Å²) < 4.78 is 0. The molecule has 1 unspecified atom stereocenters. The number of nitrogens with one attached hydrogen (secondary N) is 1. The molecule has 0 aromatic carbocycles. The van der Waals surface area contributed by atoms with Crippen LogP contribution >= 0.6 is 0 Å². The first-order chi connectivity index (χ1) is 4.87. The Morgan fingerprint density at radius 3 is 2.18 bits per heavy atom. The summed E-state index contributed by atoms with van der Waals surface area (Å²) in [4.78, 5) is 19.9. The summed E-state index contributed by atoms with van der Waals surface area (Å²) in [5.74, 6) is -0.901. The summed E-state index contributed by atoms with van der Waals surface area (Å²) in [5, 5.41) is 11.2. The van der Waals surface area contributed by atoms with Crippen LogP contribution in [0.2, 0.25) is 19.1 Å². The first-order valence-electron chi connectivity index (χ1n) is 3.49. The van der Waals surface area contributed by atoms with E-state index in [-0.39, 0.29) is 0 Å². The van der Waals surface area contributed by atoms with E-state index in [1.165, 1.54) is 0 Å². The number of carboxylic acid groups (broad SMARTS) is 1. The lowest BCUT2D eigenvalue weighted by molar-refractivity contribution is -0.138. The molecule has 0 amide bonds. The molecule has 0 radical (unpaired) electrons. The van der Waals surface area contributed by atoms with Crippen molar-refractivity contribution in [1.29, 1.82) is 0 Å². The quantitative estimate of drug-likeness (QED) is 0.523. The van der Waals surface area contributed by atoms with Gasteiger partial charge in [0.25, 0.3) is 0 Å². The standard InChI is InChI=1S/C6H15NO3Si/c1-7-5(6(8)9)4-11(2,3)10/h5,7,10H,4H2,1-3H3,(H,8,9). The van der Waals surface area contributed by atoms with Gasteiger partial charge in [0.2, 0.25) is 0 Å². The van der Waals surface area contributed by atoms with Crippen molar-refractivity contribution in [2.45, 2.75) is 25.2 Å². The molecule has 0 aliphatic carbocycles. The molecule has 4 nitrogen and oxygen atoms in total. The van der Waals surface area contributed by atoms with Gasteiger partial charge in [-0.3, -0.25) is 4.79 Å². The van der Waals surface area contributed by atoms with Gasteiger partial charge in [0.1, 0.15) is 6.04 Å². The Labute approximate surface area is 67.4 Å². The maximum absolute atomic E-state index is 10.5. The van der Waals surface area contributed by atoms with Crippen molar-refractivity contribution in [3.05, 3.63) is 0 Å². The predicted octanol–water partition coefficient (Wildman–Crippen LogP) is -0.144. The molecule has 11 heavy (non-hydrogen) atoms. The van der Waals surface area contributed by atoms with Crippen LogP contribution in [-0.2, 0) is 4.79 Å². The molecule has 0 aliphatic heterocycles. The van der Waals surface area contributed by atoms with Crippen LogP contribution in [0.1, 0.15) is 0 Å². The summed E-state index contributed by atoms with van der Waals surface area (Å²) in [6.07, 6.45) is 0. The Kier molecular flexibility index (Phi) is 3.71. The molecule has 0 fully saturated rings. The zero-order valence-corrected chi connectivity index (χ0v) is 8.09. The van der Waals surface area contributed by atoms with Crippen molar-refractivity contribution < 1.29 is 14.7 Å². The number of hydrogen-bond donors (Lipinski definition) is 3. The Hall–Kier alpha value is -0.393. The van der Waals surface area contributed by atoms with Crippen LogP contribution in [0.3, 0.4) is 0 Å². The van der Waals surface area contributed by atoms with Crippen molar-refractivity contribution >= 4 is 14.3 Å². The first-order valence-corrected chi connectivity index (χ1v) is 6.64. The second kappa shape index (κ2) is 3.84. The SMILES string of the molecule is CNC(C[Si](C)(C)O)C(=O)O. The van der Waals surface area contributed by atoms with E-state index in [0.717, 1.165) is 0 Å². The zero-order valence-electron chi connectivity index (χ0n) is 7.09. The van der Waals surface area contributed by atoms with Gasteiger partial charge in [0.05, 0.1) is 0 Å². The number of rotatable bonds is 4. The third-order valence-electron chi connectivity index (χ3n) is 1.35. The highest BCUT2D eigenvalue weighted by Crippen LogP contribution is 2.07. The fourth-order valence-electron chi connectivity index (χ4n) is 0.812. The highest BCUT2D eigenvalue weighted by atomic mass is 28.4. The number of likely N-dealkylation sites (N-methyl/N-ethyl adjacent to an activating group) is 1. The Bertz CT molecular complexity index is 143. The smallest absolute Gasteiger partial charge is 0.320 e. The number of aliphatic carboxylic acids is 1. The van der Waals surface area contributed by atoms with E-state index in [1.807, 2.05) is 0 Å². The lowest BCUT2D eigenvalue weighted by Gasteiger charge is -2.18. The zero-order chi connectivity index (χ0) is 9.07. The van der Waals surface area contributed by atoms with E-state index < -0.39 is 20.3 Å². The van der Waals surface area contributed by atoms with Gasteiger partial charge < -0.3 is 15.2 Å². The molecule has 0 bridgehead atoms. The molecule has 0 aromatic heterocycles. The normalized spacial score (nSPS) is 14.5. The van der Waals surface area contributed by atoms with E-state index >= 15 is 0 Å². The average Bonchev–Trinajstić information content (AvgIpc) is 1.80. The summed E-state index contributed by atoms with van der Waals surface area (Å²) in [6.45, 7) is 3.44. The van der Waals surface area contributed by atoms with Crippen molar-refractivity contribution in [2.75, 3.05) is 7.05 Å². The second-order valence-corrected chi connectivity index (χ2v) is 7.23. The average molecular weight is 177 g/mol. The van der Waals surface area contributed by atoms with E-state index in [9.17, 15) is 9.59 Å². The van der Waals surface area contributed by atoms with E-state index in [1.54, 1.807) is 20.1 Å². The lowest BCUT2D eigenvalue weighted by atomic mass is 10.3. The molecule has 0 rings (SSSR count). The molecule has 3 N–H and O–H groups in total. The van der Waals surface area contributed by atoms with Gasteiger partial charge in [0.15, 0.2) is 8.32 Å².